The van der Waals surface area contributed by atoms with Crippen LogP contribution in [0.3, 0.4) is 0 Å². The van der Waals surface area contributed by atoms with Crippen molar-refractivity contribution in [2.45, 2.75) is 49.5 Å². The maximum Gasteiger partial charge on any atom is 0.0558 e. The molecule has 0 atom stereocenters. The SMILES string of the molecule is C1CSC(C23CC4CC(CC(C4)C2)C3)SC1. The topological polar surface area (TPSA) is 0 Å². The fourth-order valence-corrected chi connectivity index (χ4v) is 8.79. The Kier molecular flexibility index (Phi) is 2.55. The van der Waals surface area contributed by atoms with Gasteiger partial charge in [0, 0.05) is 0 Å². The first-order valence-corrected chi connectivity index (χ1v) is 9.17. The van der Waals surface area contributed by atoms with Crippen molar-refractivity contribution in [3.8, 4) is 0 Å². The highest BCUT2D eigenvalue weighted by Gasteiger charge is 2.54. The van der Waals surface area contributed by atoms with E-state index >= 15 is 0 Å². The molecule has 4 aliphatic carbocycles. The summed E-state index contributed by atoms with van der Waals surface area (Å²) in [5.74, 6) is 6.29. The minimum Gasteiger partial charge on any atom is -0.147 e. The summed E-state index contributed by atoms with van der Waals surface area (Å²) >= 11 is 4.63. The van der Waals surface area contributed by atoms with Gasteiger partial charge in [-0.3, -0.25) is 0 Å². The molecule has 5 rings (SSSR count). The molecule has 4 bridgehead atoms. The fraction of sp³-hybridized carbons (Fsp3) is 1.00. The van der Waals surface area contributed by atoms with Crippen LogP contribution < -0.4 is 0 Å². The van der Waals surface area contributed by atoms with E-state index in [2.05, 4.69) is 23.5 Å². The average Bonchev–Trinajstić information content (AvgIpc) is 2.28. The van der Waals surface area contributed by atoms with Gasteiger partial charge >= 0.3 is 0 Å². The summed E-state index contributed by atoms with van der Waals surface area (Å²) in [4.78, 5) is 0. The quantitative estimate of drug-likeness (QED) is 0.680. The molecule has 1 heterocycles. The van der Waals surface area contributed by atoms with E-state index in [0.717, 1.165) is 27.8 Å². The van der Waals surface area contributed by atoms with Crippen LogP contribution in [0.5, 0.6) is 0 Å². The molecule has 5 fully saturated rings. The third kappa shape index (κ3) is 1.59. The smallest absolute Gasteiger partial charge is 0.0558 e. The van der Waals surface area contributed by atoms with Crippen LogP contribution in [0, 0.1) is 23.2 Å². The molecule has 0 spiro atoms. The zero-order valence-corrected chi connectivity index (χ0v) is 11.6. The molecule has 0 N–H and O–H groups in total. The van der Waals surface area contributed by atoms with Crippen molar-refractivity contribution >= 4 is 23.5 Å². The van der Waals surface area contributed by atoms with Crippen LogP contribution in [-0.4, -0.2) is 16.1 Å². The molecule has 1 saturated heterocycles. The summed E-state index contributed by atoms with van der Waals surface area (Å²) in [6.07, 6.45) is 11.1. The zero-order valence-electron chi connectivity index (χ0n) is 9.99. The first-order valence-electron chi connectivity index (χ1n) is 7.07. The molecule has 4 saturated carbocycles. The Morgan fingerprint density at radius 3 is 1.75 bits per heavy atom. The molecule has 0 aromatic carbocycles. The molecular weight excluding hydrogens is 232 g/mol. The predicted molar refractivity (Wildman–Crippen MR) is 73.9 cm³/mol. The third-order valence-corrected chi connectivity index (χ3v) is 8.88. The number of rotatable bonds is 1. The molecule has 2 heteroatoms. The minimum atomic E-state index is 0.796. The van der Waals surface area contributed by atoms with E-state index in [1.165, 1.54) is 17.9 Å². The summed E-state index contributed by atoms with van der Waals surface area (Å²) in [5, 5.41) is 0. The van der Waals surface area contributed by atoms with E-state index in [1.54, 1.807) is 38.5 Å². The van der Waals surface area contributed by atoms with Crippen molar-refractivity contribution in [1.29, 1.82) is 0 Å². The molecule has 0 radical (unpaired) electrons. The van der Waals surface area contributed by atoms with E-state index in [-0.39, 0.29) is 0 Å². The van der Waals surface area contributed by atoms with Gasteiger partial charge in [-0.05, 0) is 79.6 Å². The zero-order chi connectivity index (χ0) is 10.6. The lowest BCUT2D eigenvalue weighted by Gasteiger charge is -2.59. The van der Waals surface area contributed by atoms with Crippen molar-refractivity contribution in [3.05, 3.63) is 0 Å². The highest BCUT2D eigenvalue weighted by molar-refractivity contribution is 8.17. The van der Waals surface area contributed by atoms with Gasteiger partial charge in [-0.25, -0.2) is 0 Å². The van der Waals surface area contributed by atoms with Crippen LogP contribution in [-0.2, 0) is 0 Å². The predicted octanol–water partition coefficient (Wildman–Crippen LogP) is 4.40. The summed E-state index contributed by atoms with van der Waals surface area (Å²) in [6, 6.07) is 0. The molecule has 0 aromatic heterocycles. The van der Waals surface area contributed by atoms with Crippen LogP contribution in [0.4, 0.5) is 0 Å². The molecule has 16 heavy (non-hydrogen) atoms. The summed E-state index contributed by atoms with van der Waals surface area (Å²) in [7, 11) is 0. The van der Waals surface area contributed by atoms with Crippen molar-refractivity contribution in [2.24, 2.45) is 23.2 Å². The van der Waals surface area contributed by atoms with Crippen LogP contribution in [0.1, 0.15) is 44.9 Å². The highest BCUT2D eigenvalue weighted by atomic mass is 32.2. The van der Waals surface area contributed by atoms with E-state index in [0.29, 0.717) is 0 Å². The third-order valence-electron chi connectivity index (χ3n) is 5.41. The van der Waals surface area contributed by atoms with Gasteiger partial charge in [-0.2, -0.15) is 0 Å². The number of hydrogen-bond acceptors (Lipinski definition) is 2. The second-order valence-electron chi connectivity index (χ2n) is 6.71. The van der Waals surface area contributed by atoms with Gasteiger partial charge in [0.25, 0.3) is 0 Å². The second-order valence-corrected chi connectivity index (χ2v) is 9.43. The van der Waals surface area contributed by atoms with Crippen LogP contribution in [0.2, 0.25) is 0 Å². The van der Waals surface area contributed by atoms with Crippen LogP contribution in [0.15, 0.2) is 0 Å². The van der Waals surface area contributed by atoms with Gasteiger partial charge in [0.15, 0.2) is 0 Å². The normalized spacial score (nSPS) is 52.1. The van der Waals surface area contributed by atoms with Gasteiger partial charge in [0.05, 0.1) is 4.58 Å². The molecule has 5 aliphatic rings. The van der Waals surface area contributed by atoms with E-state index in [4.69, 9.17) is 0 Å². The van der Waals surface area contributed by atoms with Gasteiger partial charge in [0.2, 0.25) is 0 Å². The van der Waals surface area contributed by atoms with E-state index in [9.17, 15) is 0 Å². The lowest BCUT2D eigenvalue weighted by molar-refractivity contribution is -0.0426. The van der Waals surface area contributed by atoms with Gasteiger partial charge in [-0.1, -0.05) is 0 Å². The summed E-state index contributed by atoms with van der Waals surface area (Å²) in [5.41, 5.74) is 0.796. The lowest BCUT2D eigenvalue weighted by atomic mass is 9.50. The number of thioether (sulfide) groups is 2. The van der Waals surface area contributed by atoms with Gasteiger partial charge in [-0.15, -0.1) is 23.5 Å². The summed E-state index contributed by atoms with van der Waals surface area (Å²) < 4.78 is 0.981. The fourth-order valence-electron chi connectivity index (χ4n) is 5.31. The van der Waals surface area contributed by atoms with E-state index < -0.39 is 0 Å². The number of hydrogen-bond donors (Lipinski definition) is 0. The molecule has 0 aromatic rings. The first-order chi connectivity index (χ1) is 7.84. The van der Waals surface area contributed by atoms with Gasteiger partial charge in [0.1, 0.15) is 0 Å². The Morgan fingerprint density at radius 2 is 1.25 bits per heavy atom. The molecule has 0 amide bonds. The molecule has 0 nitrogen and oxygen atoms in total. The minimum absolute atomic E-state index is 0.796. The Morgan fingerprint density at radius 1 is 0.750 bits per heavy atom. The van der Waals surface area contributed by atoms with Crippen LogP contribution >= 0.6 is 23.5 Å². The highest BCUT2D eigenvalue weighted by Crippen LogP contribution is 2.65. The van der Waals surface area contributed by atoms with E-state index in [1.807, 2.05) is 0 Å². The van der Waals surface area contributed by atoms with Gasteiger partial charge < -0.3 is 0 Å². The standard InChI is InChI=1S/C14H22S2/c1-2-15-13(16-3-1)14-7-10-4-11(8-14)6-12(5-10)9-14/h10-13H,1-9H2. The Bertz CT molecular complexity index is 245. The van der Waals surface area contributed by atoms with Crippen molar-refractivity contribution in [3.63, 3.8) is 0 Å². The average molecular weight is 254 g/mol. The monoisotopic (exact) mass is 254 g/mol. The Balaban J connectivity index is 1.60. The second kappa shape index (κ2) is 3.85. The summed E-state index contributed by atoms with van der Waals surface area (Å²) in [6.45, 7) is 0. The maximum atomic E-state index is 2.31. The Hall–Kier alpha value is 0.700. The van der Waals surface area contributed by atoms with Crippen molar-refractivity contribution in [1.82, 2.24) is 0 Å². The van der Waals surface area contributed by atoms with Crippen molar-refractivity contribution in [2.75, 3.05) is 11.5 Å². The van der Waals surface area contributed by atoms with Crippen molar-refractivity contribution < 1.29 is 0 Å². The van der Waals surface area contributed by atoms with Crippen LogP contribution in [0.25, 0.3) is 0 Å². The Labute approximate surface area is 108 Å². The lowest BCUT2D eigenvalue weighted by Crippen LogP contribution is -2.50. The molecule has 0 unspecified atom stereocenters. The molecular formula is C14H22S2. The first kappa shape index (κ1) is 10.6. The largest absolute Gasteiger partial charge is 0.147 e. The molecule has 1 aliphatic heterocycles. The molecule has 90 valence electrons. The maximum absolute atomic E-state index is 2.31.